The maximum atomic E-state index is 9.66. The van der Waals surface area contributed by atoms with Gasteiger partial charge in [-0.3, -0.25) is 9.80 Å². The normalized spacial score (nSPS) is 15.7. The third-order valence-electron chi connectivity index (χ3n) is 18.0. The summed E-state index contributed by atoms with van der Waals surface area (Å²) in [4.78, 5) is 41.0. The van der Waals surface area contributed by atoms with Crippen LogP contribution in [0.4, 0.5) is 45.9 Å². The molecule has 4 aromatic heterocycles. The van der Waals surface area contributed by atoms with Gasteiger partial charge in [0, 0.05) is 148 Å². The van der Waals surface area contributed by atoms with Gasteiger partial charge >= 0.3 is 0 Å². The monoisotopic (exact) mass is 1340 g/mol. The molecule has 6 aromatic carbocycles. The van der Waals surface area contributed by atoms with Crippen molar-refractivity contribution in [1.29, 1.82) is 15.8 Å². The molecule has 24 heteroatoms. The number of nitrogens with one attached hydrogen (secondary N) is 3. The number of nitriles is 3. The zero-order chi connectivity index (χ0) is 68.4. The molecule has 506 valence electrons. The predicted molar refractivity (Wildman–Crippen MR) is 381 cm³/mol. The molecule has 5 aliphatic rings. The van der Waals surface area contributed by atoms with E-state index in [1.54, 1.807) is 75.7 Å². The van der Waals surface area contributed by atoms with Gasteiger partial charge in [0.15, 0.2) is 17.5 Å². The van der Waals surface area contributed by atoms with Crippen molar-refractivity contribution >= 4 is 45.9 Å². The summed E-state index contributed by atoms with van der Waals surface area (Å²) in [7, 11) is 3.12. The number of anilines is 8. The third kappa shape index (κ3) is 17.2. The first-order valence-electron chi connectivity index (χ1n) is 33.4. The van der Waals surface area contributed by atoms with E-state index in [9.17, 15) is 15.8 Å². The van der Waals surface area contributed by atoms with E-state index in [1.807, 2.05) is 65.4 Å². The average Bonchev–Trinajstić information content (AvgIpc) is 0.978. The molecule has 3 N–H and O–H groups in total. The Balaban J connectivity index is 0.000000134. The van der Waals surface area contributed by atoms with Crippen LogP contribution in [0.5, 0.6) is 17.2 Å². The Labute approximate surface area is 581 Å². The van der Waals surface area contributed by atoms with E-state index >= 15 is 0 Å². The Kier molecular flexibility index (Phi) is 21.9. The molecule has 0 aliphatic carbocycles. The van der Waals surface area contributed by atoms with Crippen LogP contribution in [0, 0.1) is 34.0 Å². The van der Waals surface area contributed by atoms with Crippen molar-refractivity contribution in [2.24, 2.45) is 0 Å². The van der Waals surface area contributed by atoms with Crippen LogP contribution in [-0.2, 0) is 20.8 Å². The van der Waals surface area contributed by atoms with E-state index in [0.29, 0.717) is 94.2 Å². The molecule has 0 radical (unpaired) electrons. The van der Waals surface area contributed by atoms with Gasteiger partial charge in [0.2, 0.25) is 0 Å². The maximum Gasteiger partial charge on any atom is 0.161 e. The number of piperazine rings is 2. The second kappa shape index (κ2) is 32.7. The summed E-state index contributed by atoms with van der Waals surface area (Å²) >= 11 is 0. The minimum Gasteiger partial charge on any atom is -0.497 e. The fourth-order valence-electron chi connectivity index (χ4n) is 12.2. The standard InChI is InChI=1S/C26H24N6O2.2C25H26N6O2/c27-16-21-15-20(3-6-24(21)34-23-8-13-33-14-9-23)26-29-10-7-25(31-26)30-22-4-1-19(2-5-22)17-32-12-11-28-18-32;1-32-23-7-2-18(14-19(23)15-26)25-27-9-8-24(29-25)28-20-3-5-21(6-4-20)30-10-12-31(13-11-30)22-16-33-17-22;1-32-23-13-18(15-26)12-19(14-23)25-27-7-6-24(29-25)28-20-2-4-21(5-3-20)30-8-10-31(11-9-30)22-16-33-17-22/h1-7,10-12,15,18,23H,8-9,13-14,17H2,(H,29,30,31);2-9,14,22H,10-13,16-17H2,1H3,(H,27,28,29);2-7,12-14,22H,8-11,16-17H2,1H3,(H,27,28,29). The Morgan fingerprint density at radius 3 is 1.40 bits per heavy atom. The third-order valence-corrected chi connectivity index (χ3v) is 18.0. The second-order valence-electron chi connectivity index (χ2n) is 24.5. The van der Waals surface area contributed by atoms with E-state index < -0.39 is 0 Å². The van der Waals surface area contributed by atoms with Crippen molar-refractivity contribution in [2.45, 2.75) is 37.6 Å². The molecule has 9 heterocycles. The fourth-order valence-corrected chi connectivity index (χ4v) is 12.2. The highest BCUT2D eigenvalue weighted by molar-refractivity contribution is 5.69. The van der Waals surface area contributed by atoms with Crippen molar-refractivity contribution in [1.82, 2.24) is 49.3 Å². The number of benzene rings is 6. The zero-order valence-corrected chi connectivity index (χ0v) is 55.7. The summed E-state index contributed by atoms with van der Waals surface area (Å²) in [6, 6.07) is 54.4. The predicted octanol–water partition coefficient (Wildman–Crippen LogP) is 11.1. The van der Waals surface area contributed by atoms with Crippen LogP contribution < -0.4 is 40.0 Å². The van der Waals surface area contributed by atoms with Crippen molar-refractivity contribution < 1.29 is 28.4 Å². The quantitative estimate of drug-likeness (QED) is 0.0679. The van der Waals surface area contributed by atoms with Crippen LogP contribution in [0.15, 0.2) is 183 Å². The molecule has 0 amide bonds. The smallest absolute Gasteiger partial charge is 0.161 e. The van der Waals surface area contributed by atoms with Gasteiger partial charge < -0.3 is 58.7 Å². The largest absolute Gasteiger partial charge is 0.497 e. The molecule has 10 aromatic rings. The molecule has 5 fully saturated rings. The summed E-state index contributed by atoms with van der Waals surface area (Å²) in [5, 5.41) is 38.3. The highest BCUT2D eigenvalue weighted by Gasteiger charge is 2.30. The van der Waals surface area contributed by atoms with Crippen LogP contribution >= 0.6 is 0 Å². The summed E-state index contributed by atoms with van der Waals surface area (Å²) in [6.07, 6.45) is 12.4. The summed E-state index contributed by atoms with van der Waals surface area (Å²) in [5.41, 5.74) is 10.2. The molecule has 0 bridgehead atoms. The summed E-state index contributed by atoms with van der Waals surface area (Å²) in [5.74, 6) is 5.39. The molecule has 15 rings (SSSR count). The van der Waals surface area contributed by atoms with Crippen LogP contribution in [0.25, 0.3) is 34.2 Å². The summed E-state index contributed by atoms with van der Waals surface area (Å²) in [6.45, 7) is 14.1. The highest BCUT2D eigenvalue weighted by Crippen LogP contribution is 2.32. The number of hydrogen-bond acceptors (Lipinski definition) is 23. The van der Waals surface area contributed by atoms with Gasteiger partial charge in [0.1, 0.15) is 52.9 Å². The van der Waals surface area contributed by atoms with Crippen molar-refractivity contribution in [3.8, 4) is 69.6 Å². The lowest BCUT2D eigenvalue weighted by Gasteiger charge is -2.43. The molecular formula is C76H76N18O6. The van der Waals surface area contributed by atoms with Gasteiger partial charge in [0.25, 0.3) is 0 Å². The maximum absolute atomic E-state index is 9.66. The zero-order valence-electron chi connectivity index (χ0n) is 55.7. The molecule has 0 spiro atoms. The number of methoxy groups -OCH3 is 2. The molecular weight excluding hydrogens is 1260 g/mol. The van der Waals surface area contributed by atoms with Crippen molar-refractivity contribution in [3.63, 3.8) is 0 Å². The van der Waals surface area contributed by atoms with Crippen molar-refractivity contribution in [2.75, 3.05) is 132 Å². The Hall–Kier alpha value is -11.6. The summed E-state index contributed by atoms with van der Waals surface area (Å²) < 4.78 is 34.6. The van der Waals surface area contributed by atoms with E-state index in [1.165, 1.54) is 16.9 Å². The van der Waals surface area contributed by atoms with Gasteiger partial charge in [-0.05, 0) is 139 Å². The van der Waals surface area contributed by atoms with E-state index in [2.05, 4.69) is 149 Å². The molecule has 24 nitrogen and oxygen atoms in total. The molecule has 0 unspecified atom stereocenters. The number of ether oxygens (including phenoxy) is 6. The first-order valence-corrected chi connectivity index (χ1v) is 33.4. The Bertz CT molecular complexity index is 4480. The second-order valence-corrected chi connectivity index (χ2v) is 24.5. The van der Waals surface area contributed by atoms with Crippen LogP contribution in [0.1, 0.15) is 35.1 Å². The van der Waals surface area contributed by atoms with E-state index in [4.69, 9.17) is 28.4 Å². The SMILES string of the molecule is COc1cc(C#N)cc(-c2nccc(Nc3ccc(N4CCN(C5COC5)CC4)cc3)n2)c1.COc1ccc(-c2nccc(Nc3ccc(N4CCN(C5COC5)CC4)cc3)n2)cc1C#N.N#Cc1cc(-c2nccc(Nc3ccc(Cn4ccnc4)cc3)n2)ccc1OC1CCOCC1. The minimum atomic E-state index is 0.0711. The van der Waals surface area contributed by atoms with Gasteiger partial charge in [-0.25, -0.2) is 34.9 Å². The molecule has 5 aliphatic heterocycles. The Morgan fingerprint density at radius 2 is 0.960 bits per heavy atom. The first kappa shape index (κ1) is 67.0. The van der Waals surface area contributed by atoms with Gasteiger partial charge in [-0.15, -0.1) is 0 Å². The Morgan fingerprint density at radius 1 is 0.480 bits per heavy atom. The lowest BCUT2D eigenvalue weighted by molar-refractivity contribution is -0.0660. The first-order chi connectivity index (χ1) is 49.2. The minimum absolute atomic E-state index is 0.0711. The van der Waals surface area contributed by atoms with E-state index in [0.717, 1.165) is 132 Å². The van der Waals surface area contributed by atoms with Crippen LogP contribution in [-0.4, -0.2) is 174 Å². The molecule has 0 atom stereocenters. The molecule has 0 saturated carbocycles. The lowest BCUT2D eigenvalue weighted by atomic mass is 10.1. The number of imidazole rings is 1. The average molecular weight is 1340 g/mol. The number of nitrogens with zero attached hydrogens (tertiary/aromatic N) is 15. The van der Waals surface area contributed by atoms with Gasteiger partial charge in [0.05, 0.1) is 95.0 Å². The van der Waals surface area contributed by atoms with Crippen LogP contribution in [0.2, 0.25) is 0 Å². The highest BCUT2D eigenvalue weighted by atomic mass is 16.5. The molecule has 100 heavy (non-hydrogen) atoms. The van der Waals surface area contributed by atoms with Gasteiger partial charge in [-0.2, -0.15) is 15.8 Å². The van der Waals surface area contributed by atoms with E-state index in [-0.39, 0.29) is 6.10 Å². The van der Waals surface area contributed by atoms with Crippen LogP contribution in [0.3, 0.4) is 0 Å². The fraction of sp³-hybridized carbons (Fsp3) is 0.289. The number of aromatic nitrogens is 8. The van der Waals surface area contributed by atoms with Crippen molar-refractivity contribution in [3.05, 3.63) is 205 Å². The van der Waals surface area contributed by atoms with Gasteiger partial charge in [-0.1, -0.05) is 12.1 Å². The topological polar surface area (TPSA) is 271 Å². The number of hydrogen-bond donors (Lipinski definition) is 3. The molecule has 5 saturated heterocycles. The number of rotatable bonds is 19. The lowest BCUT2D eigenvalue weighted by Crippen LogP contribution is -2.56.